The number of hydrogen-bond donors (Lipinski definition) is 1. The van der Waals surface area contributed by atoms with E-state index in [0.717, 1.165) is 30.8 Å². The average molecular weight is 652 g/mol. The van der Waals surface area contributed by atoms with Gasteiger partial charge in [-0.05, 0) is 100 Å². The van der Waals surface area contributed by atoms with Crippen molar-refractivity contribution in [3.63, 3.8) is 0 Å². The van der Waals surface area contributed by atoms with Crippen LogP contribution in [-0.4, -0.2) is 11.7 Å². The normalized spacial score (nSPS) is 13.3. The van der Waals surface area contributed by atoms with Crippen molar-refractivity contribution in [2.75, 3.05) is 6.61 Å². The van der Waals surface area contributed by atoms with Crippen molar-refractivity contribution >= 4 is 77.0 Å². The van der Waals surface area contributed by atoms with Crippen LogP contribution in [0.1, 0.15) is 12.8 Å². The van der Waals surface area contributed by atoms with Crippen molar-refractivity contribution in [3.8, 4) is 11.5 Å². The van der Waals surface area contributed by atoms with Gasteiger partial charge in [0.25, 0.3) is 0 Å². The first-order valence-electron chi connectivity index (χ1n) is 6.67. The van der Waals surface area contributed by atoms with Gasteiger partial charge in [0.05, 0.1) is 13.7 Å². The minimum Gasteiger partial charge on any atom is -0.507 e. The predicted molar refractivity (Wildman–Crippen MR) is 114 cm³/mol. The van der Waals surface area contributed by atoms with Crippen LogP contribution in [0.3, 0.4) is 0 Å². The Bertz CT molecular complexity index is 646. The highest BCUT2D eigenvalue weighted by Gasteiger charge is 2.22. The molecule has 6 heteroatoms. The molecule has 0 atom stereocenters. The lowest BCUT2D eigenvalue weighted by molar-refractivity contribution is 0.297. The van der Waals surface area contributed by atoms with Crippen LogP contribution in [0, 0.1) is 13.1 Å². The third-order valence-electron chi connectivity index (χ3n) is 2.98. The smallest absolute Gasteiger partial charge is 0.132 e. The number of phenolic OH excluding ortho intramolecular Hbond substituents is 1. The molecule has 1 saturated carbocycles. The standard InChI is InChI=1S/C10H10BrIO.C6H4BrIO/c11-8-3-4-10(9(12)5-8)13-6-7-1-2-7;7-4-1-2-6(9)5(8)3-4/h3-5,7H,1-2,6H2;1-3,9H. The quantitative estimate of drug-likeness (QED) is 0.379. The van der Waals surface area contributed by atoms with Crippen LogP contribution in [0.15, 0.2) is 45.3 Å². The van der Waals surface area contributed by atoms with Crippen LogP contribution < -0.4 is 4.74 Å². The second-order valence-corrected chi connectivity index (χ2v) is 9.08. The number of hydrogen-bond acceptors (Lipinski definition) is 2. The van der Waals surface area contributed by atoms with Crippen LogP contribution in [0.5, 0.6) is 11.5 Å². The summed E-state index contributed by atoms with van der Waals surface area (Å²) in [5.74, 6) is 2.16. The highest BCUT2D eigenvalue weighted by Crippen LogP contribution is 2.31. The summed E-state index contributed by atoms with van der Waals surface area (Å²) in [6.45, 7) is 0.887. The molecule has 0 heterocycles. The Morgan fingerprint density at radius 3 is 2.09 bits per heavy atom. The van der Waals surface area contributed by atoms with E-state index in [2.05, 4.69) is 83.1 Å². The molecule has 2 aromatic carbocycles. The molecule has 1 aliphatic carbocycles. The van der Waals surface area contributed by atoms with E-state index in [1.165, 1.54) is 16.4 Å². The lowest BCUT2D eigenvalue weighted by Gasteiger charge is -2.07. The number of ether oxygens (including phenoxy) is 1. The molecule has 2 aromatic rings. The average Bonchev–Trinajstić information content (AvgIpc) is 3.27. The molecule has 22 heavy (non-hydrogen) atoms. The van der Waals surface area contributed by atoms with Gasteiger partial charge in [-0.15, -0.1) is 0 Å². The molecule has 0 bridgehead atoms. The lowest BCUT2D eigenvalue weighted by Crippen LogP contribution is -2.00. The van der Waals surface area contributed by atoms with Crippen molar-refractivity contribution in [2.45, 2.75) is 12.8 Å². The summed E-state index contributed by atoms with van der Waals surface area (Å²) in [6.07, 6.45) is 2.68. The van der Waals surface area contributed by atoms with E-state index in [9.17, 15) is 0 Å². The maximum absolute atomic E-state index is 9.02. The summed E-state index contributed by atoms with van der Waals surface area (Å²) >= 11 is 11.1. The van der Waals surface area contributed by atoms with E-state index in [-0.39, 0.29) is 0 Å². The van der Waals surface area contributed by atoms with Gasteiger partial charge in [0.15, 0.2) is 0 Å². The van der Waals surface area contributed by atoms with Crippen LogP contribution in [0.2, 0.25) is 0 Å². The molecule has 0 spiro atoms. The van der Waals surface area contributed by atoms with Crippen molar-refractivity contribution < 1.29 is 9.84 Å². The van der Waals surface area contributed by atoms with Crippen molar-refractivity contribution in [2.24, 2.45) is 5.92 Å². The predicted octanol–water partition coefficient (Wildman–Crippen LogP) is 6.60. The molecular weight excluding hydrogens is 638 g/mol. The zero-order valence-corrected chi connectivity index (χ0v) is 19.0. The summed E-state index contributed by atoms with van der Waals surface area (Å²) in [5.41, 5.74) is 0. The van der Waals surface area contributed by atoms with Gasteiger partial charge in [-0.2, -0.15) is 0 Å². The minimum absolute atomic E-state index is 0.332. The second kappa shape index (κ2) is 9.08. The Balaban J connectivity index is 0.000000172. The number of halogens is 4. The monoisotopic (exact) mass is 650 g/mol. The van der Waals surface area contributed by atoms with Crippen molar-refractivity contribution in [1.82, 2.24) is 0 Å². The number of aromatic hydroxyl groups is 1. The van der Waals surface area contributed by atoms with Gasteiger partial charge in [-0.25, -0.2) is 0 Å². The summed E-state index contributed by atoms with van der Waals surface area (Å²) < 4.78 is 9.82. The van der Waals surface area contributed by atoms with Gasteiger partial charge < -0.3 is 9.84 Å². The molecular formula is C16H14Br2I2O2. The third-order valence-corrected chi connectivity index (χ3v) is 5.67. The van der Waals surface area contributed by atoms with E-state index < -0.39 is 0 Å². The summed E-state index contributed by atoms with van der Waals surface area (Å²) in [6, 6.07) is 11.4. The fraction of sp³-hybridized carbons (Fsp3) is 0.250. The topological polar surface area (TPSA) is 29.5 Å². The summed E-state index contributed by atoms with van der Waals surface area (Å²) in [4.78, 5) is 0. The maximum atomic E-state index is 9.02. The van der Waals surface area contributed by atoms with E-state index in [4.69, 9.17) is 9.84 Å². The zero-order valence-electron chi connectivity index (χ0n) is 11.5. The summed E-state index contributed by atoms with van der Waals surface area (Å²) in [7, 11) is 0. The van der Waals surface area contributed by atoms with Crippen LogP contribution in [0.25, 0.3) is 0 Å². The maximum Gasteiger partial charge on any atom is 0.132 e. The van der Waals surface area contributed by atoms with Gasteiger partial charge in [-0.3, -0.25) is 0 Å². The third kappa shape index (κ3) is 6.52. The van der Waals surface area contributed by atoms with Gasteiger partial charge in [0, 0.05) is 8.95 Å². The van der Waals surface area contributed by atoms with Crippen molar-refractivity contribution in [1.29, 1.82) is 0 Å². The van der Waals surface area contributed by atoms with Crippen molar-refractivity contribution in [3.05, 3.63) is 52.5 Å². The highest BCUT2D eigenvalue weighted by atomic mass is 127. The Morgan fingerprint density at radius 1 is 1.00 bits per heavy atom. The Labute approximate surface area is 174 Å². The van der Waals surface area contributed by atoms with Crippen LogP contribution >= 0.6 is 77.0 Å². The van der Waals surface area contributed by atoms with Gasteiger partial charge >= 0.3 is 0 Å². The first-order valence-corrected chi connectivity index (χ1v) is 10.4. The van der Waals surface area contributed by atoms with Gasteiger partial charge in [-0.1, -0.05) is 31.9 Å². The molecule has 1 N–H and O–H groups in total. The fourth-order valence-electron chi connectivity index (χ4n) is 1.57. The SMILES string of the molecule is Brc1ccc(OCC2CC2)c(I)c1.Oc1ccc(Br)cc1I. The molecule has 2 nitrogen and oxygen atoms in total. The zero-order chi connectivity index (χ0) is 16.1. The molecule has 1 fully saturated rings. The number of phenols is 1. The molecule has 0 aliphatic heterocycles. The van der Waals surface area contributed by atoms with Gasteiger partial charge in [0.2, 0.25) is 0 Å². The molecule has 0 unspecified atom stereocenters. The number of benzene rings is 2. The number of rotatable bonds is 3. The lowest BCUT2D eigenvalue weighted by atomic mass is 10.3. The van der Waals surface area contributed by atoms with E-state index in [1.54, 1.807) is 12.1 Å². The Morgan fingerprint density at radius 2 is 1.59 bits per heavy atom. The van der Waals surface area contributed by atoms with Gasteiger partial charge in [0.1, 0.15) is 11.5 Å². The molecule has 3 rings (SSSR count). The van der Waals surface area contributed by atoms with E-state index >= 15 is 0 Å². The first-order chi connectivity index (χ1) is 10.5. The highest BCUT2D eigenvalue weighted by molar-refractivity contribution is 14.1. The molecule has 118 valence electrons. The van der Waals surface area contributed by atoms with E-state index in [0.29, 0.717) is 5.75 Å². The second-order valence-electron chi connectivity index (χ2n) is 4.92. The van der Waals surface area contributed by atoms with E-state index in [1.807, 2.05) is 18.2 Å². The molecule has 0 aromatic heterocycles. The molecule has 0 saturated heterocycles. The Kier molecular flexibility index (Phi) is 7.75. The molecule has 1 aliphatic rings. The Hall–Kier alpha value is 0.460. The molecule has 0 amide bonds. The first kappa shape index (κ1) is 18.8. The van der Waals surface area contributed by atoms with Crippen LogP contribution in [-0.2, 0) is 0 Å². The minimum atomic E-state index is 0.332. The largest absolute Gasteiger partial charge is 0.507 e. The van der Waals surface area contributed by atoms with Crippen LogP contribution in [0.4, 0.5) is 0 Å². The summed E-state index contributed by atoms with van der Waals surface area (Å²) in [5, 5.41) is 9.02. The molecule has 0 radical (unpaired) electrons. The fourth-order valence-corrected chi connectivity index (χ4v) is 4.33.